The number of primary amides is 1. The average Bonchev–Trinajstić information content (AvgIpc) is 3.30. The first-order valence-electron chi connectivity index (χ1n) is 10.7. The predicted octanol–water partition coefficient (Wildman–Crippen LogP) is 2.14. The van der Waals surface area contributed by atoms with E-state index in [1.54, 1.807) is 6.20 Å². The Balaban J connectivity index is 1.38. The van der Waals surface area contributed by atoms with Crippen LogP contribution < -0.4 is 16.0 Å². The van der Waals surface area contributed by atoms with Crippen LogP contribution >= 0.6 is 0 Å². The molecule has 2 amide bonds. The quantitative estimate of drug-likeness (QED) is 0.766. The van der Waals surface area contributed by atoms with Gasteiger partial charge in [0.05, 0.1) is 12.2 Å². The predicted molar refractivity (Wildman–Crippen MR) is 117 cm³/mol. The summed E-state index contributed by atoms with van der Waals surface area (Å²) in [6, 6.07) is 13.5. The maximum Gasteiger partial charge on any atom is 0.238 e. The van der Waals surface area contributed by atoms with Gasteiger partial charge >= 0.3 is 0 Å². The van der Waals surface area contributed by atoms with Gasteiger partial charge in [0, 0.05) is 37.2 Å². The highest BCUT2D eigenvalue weighted by Gasteiger charge is 2.43. The minimum Gasteiger partial charge on any atom is -0.372 e. The van der Waals surface area contributed by atoms with Gasteiger partial charge in [-0.25, -0.2) is 0 Å². The van der Waals surface area contributed by atoms with Crippen molar-refractivity contribution in [1.82, 2.24) is 9.88 Å². The molecule has 2 aromatic rings. The summed E-state index contributed by atoms with van der Waals surface area (Å²) in [7, 11) is 0. The molecule has 3 N–H and O–H groups in total. The molecule has 1 unspecified atom stereocenters. The molecule has 2 aliphatic rings. The summed E-state index contributed by atoms with van der Waals surface area (Å²) in [4.78, 5) is 33.8. The second-order valence-corrected chi connectivity index (χ2v) is 8.26. The van der Waals surface area contributed by atoms with Gasteiger partial charge in [-0.15, -0.1) is 0 Å². The third-order valence-corrected chi connectivity index (χ3v) is 6.19. The number of nitrogens with one attached hydrogen (secondary N) is 1. The fraction of sp³-hybridized carbons (Fsp3) is 0.435. The molecule has 0 radical (unpaired) electrons. The summed E-state index contributed by atoms with van der Waals surface area (Å²) in [5.74, 6) is -0.478. The number of piperidine rings is 1. The summed E-state index contributed by atoms with van der Waals surface area (Å²) in [6.45, 7) is 3.57. The van der Waals surface area contributed by atoms with E-state index < -0.39 is 5.41 Å². The zero-order valence-corrected chi connectivity index (χ0v) is 17.2. The van der Waals surface area contributed by atoms with Crippen LogP contribution in [0.1, 0.15) is 31.4 Å². The lowest BCUT2D eigenvalue weighted by Gasteiger charge is -2.40. The summed E-state index contributed by atoms with van der Waals surface area (Å²) < 4.78 is 0. The zero-order chi connectivity index (χ0) is 21.0. The number of benzene rings is 1. The van der Waals surface area contributed by atoms with Crippen LogP contribution in [-0.2, 0) is 15.0 Å². The number of rotatable bonds is 6. The third-order valence-electron chi connectivity index (χ3n) is 6.19. The van der Waals surface area contributed by atoms with Gasteiger partial charge in [-0.2, -0.15) is 0 Å². The van der Waals surface area contributed by atoms with Crippen LogP contribution in [0.2, 0.25) is 0 Å². The summed E-state index contributed by atoms with van der Waals surface area (Å²) in [6.07, 6.45) is 5.59. The molecular formula is C23H29N5O2. The molecule has 0 saturated carbocycles. The van der Waals surface area contributed by atoms with Gasteiger partial charge in [-0.3, -0.25) is 19.5 Å². The van der Waals surface area contributed by atoms with Gasteiger partial charge in [0.1, 0.15) is 5.41 Å². The first-order chi connectivity index (χ1) is 14.6. The minimum atomic E-state index is -0.850. The fourth-order valence-corrected chi connectivity index (χ4v) is 4.60. The Labute approximate surface area is 177 Å². The molecule has 1 aromatic heterocycles. The monoisotopic (exact) mass is 407 g/mol. The number of aromatic nitrogens is 1. The number of carbonyl (C=O) groups excluding carboxylic acids is 2. The van der Waals surface area contributed by atoms with Crippen molar-refractivity contribution in [2.45, 2.75) is 31.1 Å². The number of pyridine rings is 1. The minimum absolute atomic E-state index is 0.0924. The van der Waals surface area contributed by atoms with E-state index in [0.29, 0.717) is 18.7 Å². The molecule has 1 aromatic carbocycles. The molecule has 7 heteroatoms. The maximum atomic E-state index is 12.6. The SMILES string of the molecule is NC(=O)C1(c2ccccn2)CCCN(CC(=O)Nc2ccc(N3CCCC3)cc2)C1. The number of anilines is 2. The first kappa shape index (κ1) is 20.3. The van der Waals surface area contributed by atoms with Gasteiger partial charge in [0.25, 0.3) is 0 Å². The Hall–Kier alpha value is -2.93. The van der Waals surface area contributed by atoms with Gasteiger partial charge in [-0.05, 0) is 68.6 Å². The molecule has 0 spiro atoms. The fourth-order valence-electron chi connectivity index (χ4n) is 4.60. The molecule has 3 heterocycles. The van der Waals surface area contributed by atoms with E-state index in [1.807, 2.05) is 35.2 Å². The molecule has 158 valence electrons. The molecule has 30 heavy (non-hydrogen) atoms. The van der Waals surface area contributed by atoms with E-state index in [1.165, 1.54) is 18.5 Å². The summed E-state index contributed by atoms with van der Waals surface area (Å²) in [5.41, 5.74) is 7.62. The van der Waals surface area contributed by atoms with Crippen molar-refractivity contribution in [1.29, 1.82) is 0 Å². The lowest BCUT2D eigenvalue weighted by molar-refractivity contribution is -0.127. The Bertz CT molecular complexity index is 880. The third kappa shape index (κ3) is 4.31. The van der Waals surface area contributed by atoms with Crippen LogP contribution in [0, 0.1) is 0 Å². The lowest BCUT2D eigenvalue weighted by Crippen LogP contribution is -2.55. The maximum absolute atomic E-state index is 12.6. The molecule has 7 nitrogen and oxygen atoms in total. The second-order valence-electron chi connectivity index (χ2n) is 8.26. The molecule has 2 saturated heterocycles. The lowest BCUT2D eigenvalue weighted by atomic mass is 9.76. The van der Waals surface area contributed by atoms with Crippen LogP contribution in [0.3, 0.4) is 0 Å². The van der Waals surface area contributed by atoms with Crippen LogP contribution in [0.4, 0.5) is 11.4 Å². The number of nitrogens with two attached hydrogens (primary N) is 1. The molecule has 4 rings (SSSR count). The first-order valence-corrected chi connectivity index (χ1v) is 10.7. The van der Waals surface area contributed by atoms with E-state index in [-0.39, 0.29) is 18.4 Å². The smallest absolute Gasteiger partial charge is 0.238 e. The highest BCUT2D eigenvalue weighted by molar-refractivity contribution is 5.92. The molecule has 2 fully saturated rings. The average molecular weight is 408 g/mol. The van der Waals surface area contributed by atoms with Crippen molar-refractivity contribution in [2.24, 2.45) is 5.73 Å². The highest BCUT2D eigenvalue weighted by Crippen LogP contribution is 2.32. The van der Waals surface area contributed by atoms with E-state index in [9.17, 15) is 9.59 Å². The number of nitrogens with zero attached hydrogens (tertiary/aromatic N) is 3. The number of likely N-dealkylation sites (tertiary alicyclic amines) is 1. The van der Waals surface area contributed by atoms with Gasteiger partial charge in [0.2, 0.25) is 11.8 Å². The van der Waals surface area contributed by atoms with Crippen LogP contribution in [0.25, 0.3) is 0 Å². The number of amides is 2. The molecule has 2 aliphatic heterocycles. The number of hydrogen-bond donors (Lipinski definition) is 2. The van der Waals surface area contributed by atoms with E-state index >= 15 is 0 Å². The second kappa shape index (κ2) is 8.83. The molecule has 0 bridgehead atoms. The Morgan fingerprint density at radius 3 is 2.47 bits per heavy atom. The van der Waals surface area contributed by atoms with Crippen molar-refractivity contribution in [2.75, 3.05) is 42.9 Å². The molecular weight excluding hydrogens is 378 g/mol. The normalized spacial score (nSPS) is 22.1. The van der Waals surface area contributed by atoms with E-state index in [4.69, 9.17) is 5.73 Å². The Morgan fingerprint density at radius 2 is 1.80 bits per heavy atom. The van der Waals surface area contributed by atoms with Crippen LogP contribution in [0.15, 0.2) is 48.7 Å². The van der Waals surface area contributed by atoms with Crippen LogP contribution in [-0.4, -0.2) is 54.4 Å². The van der Waals surface area contributed by atoms with Crippen molar-refractivity contribution in [3.63, 3.8) is 0 Å². The van der Waals surface area contributed by atoms with Gasteiger partial charge < -0.3 is 16.0 Å². The van der Waals surface area contributed by atoms with E-state index in [0.717, 1.165) is 31.7 Å². The van der Waals surface area contributed by atoms with Crippen LogP contribution in [0.5, 0.6) is 0 Å². The molecule has 0 aliphatic carbocycles. The molecule has 1 atom stereocenters. The largest absolute Gasteiger partial charge is 0.372 e. The standard InChI is InChI=1S/C23H29N5O2/c24-22(30)23(20-6-1-2-12-25-20)11-5-13-27(17-23)16-21(29)26-18-7-9-19(10-8-18)28-14-3-4-15-28/h1-2,6-10,12H,3-5,11,13-17H2,(H2,24,30)(H,26,29). The summed E-state index contributed by atoms with van der Waals surface area (Å²) >= 11 is 0. The Kier molecular flexibility index (Phi) is 5.99. The zero-order valence-electron chi connectivity index (χ0n) is 17.2. The number of carbonyl (C=O) groups is 2. The Morgan fingerprint density at radius 1 is 1.03 bits per heavy atom. The van der Waals surface area contributed by atoms with E-state index in [2.05, 4.69) is 27.3 Å². The van der Waals surface area contributed by atoms with Crippen molar-refractivity contribution >= 4 is 23.2 Å². The van der Waals surface area contributed by atoms with Crippen molar-refractivity contribution in [3.8, 4) is 0 Å². The topological polar surface area (TPSA) is 91.6 Å². The summed E-state index contributed by atoms with van der Waals surface area (Å²) in [5, 5.41) is 2.97. The van der Waals surface area contributed by atoms with Crippen molar-refractivity contribution < 1.29 is 9.59 Å². The van der Waals surface area contributed by atoms with Gasteiger partial charge in [0.15, 0.2) is 0 Å². The number of hydrogen-bond acceptors (Lipinski definition) is 5. The van der Waals surface area contributed by atoms with Gasteiger partial charge in [-0.1, -0.05) is 6.07 Å². The van der Waals surface area contributed by atoms with Crippen molar-refractivity contribution in [3.05, 3.63) is 54.4 Å². The highest BCUT2D eigenvalue weighted by atomic mass is 16.2.